The third-order valence-corrected chi connectivity index (χ3v) is 5.10. The van der Waals surface area contributed by atoms with E-state index < -0.39 is 0 Å². The lowest BCUT2D eigenvalue weighted by Gasteiger charge is -2.33. The van der Waals surface area contributed by atoms with Gasteiger partial charge in [0.1, 0.15) is 0 Å². The highest BCUT2D eigenvalue weighted by Gasteiger charge is 2.23. The summed E-state index contributed by atoms with van der Waals surface area (Å²) >= 11 is 1.73. The van der Waals surface area contributed by atoms with Gasteiger partial charge in [-0.25, -0.2) is 0 Å². The van der Waals surface area contributed by atoms with Crippen molar-refractivity contribution in [3.05, 3.63) is 52.2 Å². The van der Waals surface area contributed by atoms with Crippen molar-refractivity contribution in [2.75, 3.05) is 18.0 Å². The van der Waals surface area contributed by atoms with Crippen molar-refractivity contribution in [3.63, 3.8) is 0 Å². The van der Waals surface area contributed by atoms with Gasteiger partial charge in [-0.15, -0.1) is 12.4 Å². The van der Waals surface area contributed by atoms with Crippen molar-refractivity contribution >= 4 is 35.3 Å². The molecule has 1 unspecified atom stereocenters. The topological polar surface area (TPSA) is 58.4 Å². The molecule has 1 saturated heterocycles. The molecule has 24 heavy (non-hydrogen) atoms. The zero-order valence-corrected chi connectivity index (χ0v) is 15.2. The summed E-state index contributed by atoms with van der Waals surface area (Å²) in [5.41, 5.74) is 9.23. The summed E-state index contributed by atoms with van der Waals surface area (Å²) in [6.45, 7) is 3.50. The number of hydrogen-bond acceptors (Lipinski definition) is 4. The number of hydrogen-bond donors (Lipinski definition) is 2. The van der Waals surface area contributed by atoms with Crippen LogP contribution in [-0.2, 0) is 17.9 Å². The van der Waals surface area contributed by atoms with Crippen LogP contribution < -0.4 is 16.0 Å². The normalized spacial score (nSPS) is 17.3. The van der Waals surface area contributed by atoms with Gasteiger partial charge in [-0.2, -0.15) is 11.3 Å². The van der Waals surface area contributed by atoms with E-state index in [2.05, 4.69) is 51.3 Å². The number of nitrogens with one attached hydrogen (secondary N) is 1. The Morgan fingerprint density at radius 2 is 1.96 bits per heavy atom. The molecule has 2 aromatic rings. The first-order chi connectivity index (χ1) is 11.2. The van der Waals surface area contributed by atoms with Crippen LogP contribution in [0.15, 0.2) is 41.1 Å². The molecule has 4 nitrogen and oxygen atoms in total. The van der Waals surface area contributed by atoms with Crippen molar-refractivity contribution < 1.29 is 4.79 Å². The van der Waals surface area contributed by atoms with Crippen LogP contribution in [0, 0.1) is 5.92 Å². The third-order valence-electron chi connectivity index (χ3n) is 4.36. The second-order valence-electron chi connectivity index (χ2n) is 6.09. The number of carbonyl (C=O) groups excluding carboxylic acids is 1. The van der Waals surface area contributed by atoms with Crippen LogP contribution in [0.25, 0.3) is 0 Å². The average Bonchev–Trinajstić information content (AvgIpc) is 3.09. The van der Waals surface area contributed by atoms with Crippen LogP contribution >= 0.6 is 23.7 Å². The number of anilines is 1. The van der Waals surface area contributed by atoms with Crippen molar-refractivity contribution in [3.8, 4) is 0 Å². The average molecular weight is 366 g/mol. The van der Waals surface area contributed by atoms with Crippen LogP contribution in [0.1, 0.15) is 24.0 Å². The predicted octanol–water partition coefficient (Wildman–Crippen LogP) is 3.16. The highest BCUT2D eigenvalue weighted by atomic mass is 35.5. The Morgan fingerprint density at radius 3 is 2.62 bits per heavy atom. The van der Waals surface area contributed by atoms with E-state index in [-0.39, 0.29) is 24.2 Å². The molecule has 6 heteroatoms. The molecule has 0 bridgehead atoms. The summed E-state index contributed by atoms with van der Waals surface area (Å²) in [5.74, 6) is -0.195. The minimum absolute atomic E-state index is 0. The van der Waals surface area contributed by atoms with E-state index in [1.807, 2.05) is 0 Å². The molecule has 0 saturated carbocycles. The number of carbonyl (C=O) groups is 1. The van der Waals surface area contributed by atoms with E-state index in [1.54, 1.807) is 11.3 Å². The van der Waals surface area contributed by atoms with Gasteiger partial charge in [-0.1, -0.05) is 12.1 Å². The number of benzene rings is 1. The molecule has 130 valence electrons. The molecular formula is C18H24ClN3OS. The number of primary amides is 1. The van der Waals surface area contributed by atoms with Crippen LogP contribution in [0.5, 0.6) is 0 Å². The lowest BCUT2D eigenvalue weighted by Crippen LogP contribution is -2.41. The molecule has 1 amide bonds. The van der Waals surface area contributed by atoms with E-state index in [1.165, 1.54) is 16.8 Å². The van der Waals surface area contributed by atoms with E-state index >= 15 is 0 Å². The summed E-state index contributed by atoms with van der Waals surface area (Å²) < 4.78 is 0. The second kappa shape index (κ2) is 9.06. The summed E-state index contributed by atoms with van der Waals surface area (Å²) in [7, 11) is 0. The second-order valence-corrected chi connectivity index (χ2v) is 6.87. The van der Waals surface area contributed by atoms with Crippen LogP contribution in [0.3, 0.4) is 0 Å². The lowest BCUT2D eigenvalue weighted by atomic mass is 9.97. The summed E-state index contributed by atoms with van der Waals surface area (Å²) in [5, 5.41) is 7.73. The Bertz CT molecular complexity index is 630. The van der Waals surface area contributed by atoms with Crippen molar-refractivity contribution in [2.24, 2.45) is 11.7 Å². The first-order valence-corrected chi connectivity index (χ1v) is 9.01. The molecule has 0 radical (unpaired) electrons. The third kappa shape index (κ3) is 4.97. The van der Waals surface area contributed by atoms with E-state index in [9.17, 15) is 4.79 Å². The van der Waals surface area contributed by atoms with Gasteiger partial charge in [0.05, 0.1) is 5.92 Å². The number of thiophene rings is 1. The molecule has 1 aromatic carbocycles. The highest BCUT2D eigenvalue weighted by Crippen LogP contribution is 2.23. The molecule has 1 fully saturated rings. The van der Waals surface area contributed by atoms with E-state index in [0.29, 0.717) is 0 Å². The van der Waals surface area contributed by atoms with E-state index in [0.717, 1.165) is 39.0 Å². The molecule has 2 heterocycles. The fraction of sp³-hybridized carbons (Fsp3) is 0.389. The van der Waals surface area contributed by atoms with Crippen molar-refractivity contribution in [1.29, 1.82) is 0 Å². The molecule has 0 spiro atoms. The fourth-order valence-electron chi connectivity index (χ4n) is 3.01. The molecule has 1 aliphatic heterocycles. The zero-order valence-electron chi connectivity index (χ0n) is 13.6. The number of nitrogens with zero attached hydrogens (tertiary/aromatic N) is 1. The van der Waals surface area contributed by atoms with Crippen molar-refractivity contribution in [2.45, 2.75) is 25.9 Å². The lowest BCUT2D eigenvalue weighted by molar-refractivity contribution is -0.122. The minimum atomic E-state index is -0.177. The first kappa shape index (κ1) is 18.8. The summed E-state index contributed by atoms with van der Waals surface area (Å²) in [6, 6.07) is 10.7. The smallest absolute Gasteiger partial charge is 0.222 e. The van der Waals surface area contributed by atoms with Gasteiger partial charge >= 0.3 is 0 Å². The summed E-state index contributed by atoms with van der Waals surface area (Å²) in [4.78, 5) is 13.7. The minimum Gasteiger partial charge on any atom is -0.371 e. The number of nitrogens with two attached hydrogens (primary N) is 1. The van der Waals surface area contributed by atoms with Crippen molar-refractivity contribution in [1.82, 2.24) is 5.32 Å². The van der Waals surface area contributed by atoms with Crippen LogP contribution in [0.2, 0.25) is 0 Å². The van der Waals surface area contributed by atoms with Gasteiger partial charge in [-0.3, -0.25) is 4.79 Å². The Morgan fingerprint density at radius 1 is 1.21 bits per heavy atom. The Hall–Kier alpha value is -1.56. The predicted molar refractivity (Wildman–Crippen MR) is 103 cm³/mol. The van der Waals surface area contributed by atoms with Crippen LogP contribution in [-0.4, -0.2) is 19.0 Å². The molecule has 1 aliphatic rings. The maximum absolute atomic E-state index is 11.4. The number of amides is 1. The molecule has 1 aromatic heterocycles. The van der Waals surface area contributed by atoms with E-state index in [4.69, 9.17) is 5.73 Å². The van der Waals surface area contributed by atoms with Gasteiger partial charge in [0.2, 0.25) is 5.91 Å². The number of piperidine rings is 1. The Labute approximate surface area is 153 Å². The number of halogens is 1. The zero-order chi connectivity index (χ0) is 16.1. The Kier molecular flexibility index (Phi) is 7.09. The summed E-state index contributed by atoms with van der Waals surface area (Å²) in [6.07, 6.45) is 1.94. The first-order valence-electron chi connectivity index (χ1n) is 8.07. The van der Waals surface area contributed by atoms with Gasteiger partial charge in [0.25, 0.3) is 0 Å². The molecule has 3 rings (SSSR count). The molecule has 0 aliphatic carbocycles. The fourth-order valence-corrected chi connectivity index (χ4v) is 3.68. The van der Waals surface area contributed by atoms with Gasteiger partial charge in [-0.05, 0) is 52.9 Å². The van der Waals surface area contributed by atoms with Gasteiger partial charge in [0.15, 0.2) is 0 Å². The quantitative estimate of drug-likeness (QED) is 0.826. The largest absolute Gasteiger partial charge is 0.371 e. The monoisotopic (exact) mass is 365 g/mol. The Balaban J connectivity index is 0.00000208. The number of rotatable bonds is 6. The molecular weight excluding hydrogens is 342 g/mol. The maximum atomic E-state index is 11.4. The SMILES string of the molecule is Cl.NC(=O)C1CCCN(c2ccc(CNCc3ccsc3)cc2)C1. The highest BCUT2D eigenvalue weighted by molar-refractivity contribution is 7.07. The maximum Gasteiger partial charge on any atom is 0.222 e. The van der Waals surface area contributed by atoms with Gasteiger partial charge < -0.3 is 16.0 Å². The van der Waals surface area contributed by atoms with Crippen LogP contribution in [0.4, 0.5) is 5.69 Å². The molecule has 1 atom stereocenters. The molecule has 3 N–H and O–H groups in total. The standard InChI is InChI=1S/C18H23N3OS.ClH/c19-18(22)16-2-1-8-21(12-16)17-5-3-14(4-6-17)10-20-11-15-7-9-23-13-15;/h3-7,9,13,16,20H,1-2,8,10-12H2,(H2,19,22);1H. The van der Waals surface area contributed by atoms with Gasteiger partial charge in [0, 0.05) is 31.9 Å².